The standard InChI is InChI=1S/C46H79N15O14S2/c1-24(2)36(44(73)61-19-8-12-32(61)42(71)57-29(45(74)75)21-35(64)65)59-34(63)22-53-38(67)30(23-76)58-39(68)26(10-6-17-52-46(50)51)55-41(70)31-11-7-18-60(31)43(72)28(9-4-5-16-47)56-40(69)27(13-14-33(49)62)54-37(66)25(48)15-20-77-3/h24-32,36,76H,4-23,47-48H2,1-3H3,(H2,49,62)(H,53,67)(H,54,66)(H,55,70)(H,56,69)(H,57,71)(H,58,68)(H,59,63)(H,64,65)(H,74,75)(H4,50,51,52)/t25-,26-,27-,28-,29-,30-,31-,32-,36-/m0/s1. The molecule has 10 amide bonds. The molecule has 2 heterocycles. The number of thiol groups is 1. The van der Waals surface area contributed by atoms with Crippen LogP contribution in [0.3, 0.4) is 0 Å². The largest absolute Gasteiger partial charge is 0.481 e. The number of guanidine groups is 1. The Hall–Kier alpha value is -6.47. The predicted octanol–water partition coefficient (Wildman–Crippen LogP) is -5.33. The minimum absolute atomic E-state index is 0.0416. The third-order valence-electron chi connectivity index (χ3n) is 12.6. The van der Waals surface area contributed by atoms with Gasteiger partial charge < -0.3 is 85.9 Å². The van der Waals surface area contributed by atoms with E-state index in [1.165, 1.54) is 21.6 Å². The monoisotopic (exact) mass is 1130 g/mol. The molecule has 77 heavy (non-hydrogen) atoms. The SMILES string of the molecule is CSCC[C@H](N)C(=O)N[C@@H](CCC(N)=O)C(=O)N[C@@H](CCCCN)C(=O)N1CCC[C@H]1C(=O)N[C@@H](CCCN=C(N)N)C(=O)N[C@@H](CS)C(=O)NCC(=O)N[C@H](C(=O)N1CCC[C@H]1C(=O)N[C@@H](CC(=O)O)C(=O)O)C(C)C. The highest BCUT2D eigenvalue weighted by Gasteiger charge is 2.42. The molecule has 0 bridgehead atoms. The van der Waals surface area contributed by atoms with Crippen LogP contribution in [-0.2, 0) is 57.5 Å². The summed E-state index contributed by atoms with van der Waals surface area (Å²) < 4.78 is 0. The first kappa shape index (κ1) is 66.6. The van der Waals surface area contributed by atoms with Crippen LogP contribution in [0.25, 0.3) is 0 Å². The Morgan fingerprint density at radius 1 is 0.675 bits per heavy atom. The van der Waals surface area contributed by atoms with Crippen LogP contribution in [0.1, 0.15) is 97.3 Å². The summed E-state index contributed by atoms with van der Waals surface area (Å²) in [6, 6.07) is -11.4. The number of hydrogen-bond acceptors (Lipinski definition) is 17. The maximum atomic E-state index is 14.3. The molecule has 0 saturated carbocycles. The number of nitrogens with one attached hydrogen (secondary N) is 7. The highest BCUT2D eigenvalue weighted by molar-refractivity contribution is 7.98. The van der Waals surface area contributed by atoms with Gasteiger partial charge in [0.1, 0.15) is 48.3 Å². The summed E-state index contributed by atoms with van der Waals surface area (Å²) in [6.45, 7) is 3.03. The van der Waals surface area contributed by atoms with Crippen molar-refractivity contribution in [1.29, 1.82) is 0 Å². The highest BCUT2D eigenvalue weighted by atomic mass is 32.2. The molecule has 0 unspecified atom stereocenters. The topological polar surface area (TPSA) is 478 Å². The minimum Gasteiger partial charge on any atom is -0.481 e. The first-order valence-corrected chi connectivity index (χ1v) is 27.4. The lowest BCUT2D eigenvalue weighted by molar-refractivity contribution is -0.148. The zero-order valence-corrected chi connectivity index (χ0v) is 45.5. The number of primary amides is 1. The lowest BCUT2D eigenvalue weighted by Gasteiger charge is -2.31. The summed E-state index contributed by atoms with van der Waals surface area (Å²) in [4.78, 5) is 164. The number of rotatable bonds is 35. The normalized spacial score (nSPS) is 17.8. The van der Waals surface area contributed by atoms with Gasteiger partial charge in [0, 0.05) is 31.8 Å². The molecule has 0 radical (unpaired) electrons. The molecule has 31 heteroatoms. The number of hydrogen-bond donors (Lipinski definition) is 15. The average Bonchev–Trinajstić information content (AvgIpc) is 4.08. The number of carbonyl (C=O) groups excluding carboxylic acids is 10. The van der Waals surface area contributed by atoms with Crippen LogP contribution in [0.5, 0.6) is 0 Å². The molecule has 29 nitrogen and oxygen atoms in total. The molecule has 2 fully saturated rings. The fraction of sp³-hybridized carbons (Fsp3) is 0.717. The van der Waals surface area contributed by atoms with Crippen molar-refractivity contribution in [3.8, 4) is 0 Å². The first-order valence-electron chi connectivity index (χ1n) is 25.4. The van der Waals surface area contributed by atoms with E-state index in [4.69, 9.17) is 33.8 Å². The summed E-state index contributed by atoms with van der Waals surface area (Å²) in [7, 11) is 0. The van der Waals surface area contributed by atoms with E-state index >= 15 is 0 Å². The predicted molar refractivity (Wildman–Crippen MR) is 285 cm³/mol. The number of unbranched alkanes of at least 4 members (excludes halogenated alkanes) is 1. The van der Waals surface area contributed by atoms with Gasteiger partial charge in [-0.25, -0.2) is 4.79 Å². The number of carbonyl (C=O) groups is 12. The Morgan fingerprint density at radius 3 is 1.74 bits per heavy atom. The molecule has 9 atom stereocenters. The number of amides is 10. The van der Waals surface area contributed by atoms with E-state index < -0.39 is 144 Å². The van der Waals surface area contributed by atoms with Crippen LogP contribution in [0.4, 0.5) is 0 Å². The van der Waals surface area contributed by atoms with Gasteiger partial charge in [-0.1, -0.05) is 13.8 Å². The van der Waals surface area contributed by atoms with Crippen LogP contribution < -0.4 is 65.9 Å². The van der Waals surface area contributed by atoms with Gasteiger partial charge in [-0.15, -0.1) is 0 Å². The number of carboxylic acid groups (broad SMARTS) is 2. The molecule has 2 aliphatic rings. The van der Waals surface area contributed by atoms with Crippen LogP contribution >= 0.6 is 24.4 Å². The molecule has 434 valence electrons. The fourth-order valence-corrected chi connectivity index (χ4v) is 9.14. The van der Waals surface area contributed by atoms with Gasteiger partial charge in [0.15, 0.2) is 5.96 Å². The van der Waals surface area contributed by atoms with E-state index in [9.17, 15) is 62.6 Å². The second kappa shape index (κ2) is 34.3. The maximum Gasteiger partial charge on any atom is 0.326 e. The summed E-state index contributed by atoms with van der Waals surface area (Å²) in [5.74, 6) is -11.2. The molecular formula is C46H79N15O14S2. The van der Waals surface area contributed by atoms with Crippen LogP contribution in [0.15, 0.2) is 4.99 Å². The fourth-order valence-electron chi connectivity index (χ4n) is 8.40. The lowest BCUT2D eigenvalue weighted by Crippen LogP contribution is -2.59. The van der Waals surface area contributed by atoms with E-state index in [1.54, 1.807) is 13.8 Å². The van der Waals surface area contributed by atoms with Crippen molar-refractivity contribution in [3.63, 3.8) is 0 Å². The smallest absolute Gasteiger partial charge is 0.326 e. The van der Waals surface area contributed by atoms with Gasteiger partial charge in [-0.05, 0) is 95.1 Å². The Labute approximate surface area is 456 Å². The van der Waals surface area contributed by atoms with Gasteiger partial charge in [0.25, 0.3) is 0 Å². The summed E-state index contributed by atoms with van der Waals surface area (Å²) >= 11 is 5.69. The second-order valence-electron chi connectivity index (χ2n) is 18.9. The van der Waals surface area contributed by atoms with Crippen LogP contribution in [-0.4, -0.2) is 202 Å². The van der Waals surface area contributed by atoms with Gasteiger partial charge in [-0.3, -0.25) is 57.7 Å². The zero-order chi connectivity index (χ0) is 57.9. The number of carboxylic acids is 2. The van der Waals surface area contributed by atoms with Crippen molar-refractivity contribution in [3.05, 3.63) is 0 Å². The number of aliphatic imine (C=N–C) groups is 1. The number of nitrogens with zero attached hydrogens (tertiary/aromatic N) is 3. The highest BCUT2D eigenvalue weighted by Crippen LogP contribution is 2.23. The lowest BCUT2D eigenvalue weighted by atomic mass is 10.0. The minimum atomic E-state index is -1.75. The van der Waals surface area contributed by atoms with Crippen molar-refractivity contribution in [2.75, 3.05) is 50.5 Å². The maximum absolute atomic E-state index is 14.3. The van der Waals surface area contributed by atoms with E-state index in [0.29, 0.717) is 37.9 Å². The van der Waals surface area contributed by atoms with Crippen molar-refractivity contribution in [2.45, 2.75) is 152 Å². The van der Waals surface area contributed by atoms with Gasteiger partial charge >= 0.3 is 11.9 Å². The third-order valence-corrected chi connectivity index (χ3v) is 13.6. The van der Waals surface area contributed by atoms with Crippen molar-refractivity contribution >= 4 is 101 Å². The number of nitrogens with two attached hydrogens (primary N) is 5. The van der Waals surface area contributed by atoms with Crippen LogP contribution in [0.2, 0.25) is 0 Å². The molecule has 19 N–H and O–H groups in total. The molecule has 2 rings (SSSR count). The molecule has 2 saturated heterocycles. The van der Waals surface area contributed by atoms with Gasteiger partial charge in [0.2, 0.25) is 59.1 Å². The van der Waals surface area contributed by atoms with E-state index in [-0.39, 0.29) is 82.8 Å². The van der Waals surface area contributed by atoms with E-state index in [1.807, 2.05) is 6.26 Å². The van der Waals surface area contributed by atoms with Crippen LogP contribution in [0, 0.1) is 5.92 Å². The summed E-state index contributed by atoms with van der Waals surface area (Å²) in [5.41, 5.74) is 28.1. The number of aliphatic carboxylic acids is 2. The average molecular weight is 1130 g/mol. The zero-order valence-electron chi connectivity index (χ0n) is 43.8. The second-order valence-corrected chi connectivity index (χ2v) is 20.3. The van der Waals surface area contributed by atoms with Crippen molar-refractivity contribution < 1.29 is 67.7 Å². The van der Waals surface area contributed by atoms with E-state index in [0.717, 1.165) is 0 Å². The number of thioether (sulfide) groups is 1. The van der Waals surface area contributed by atoms with E-state index in [2.05, 4.69) is 54.8 Å². The Morgan fingerprint density at radius 2 is 1.22 bits per heavy atom. The molecule has 2 aliphatic heterocycles. The van der Waals surface area contributed by atoms with Crippen molar-refractivity contribution in [2.24, 2.45) is 39.6 Å². The Kier molecular flexibility index (Phi) is 29.7. The number of likely N-dealkylation sites (tertiary alicyclic amines) is 2. The van der Waals surface area contributed by atoms with Gasteiger partial charge in [-0.2, -0.15) is 24.4 Å². The quantitative estimate of drug-likeness (QED) is 0.0122. The molecule has 0 aliphatic carbocycles. The third kappa shape index (κ3) is 23.0. The molecule has 0 spiro atoms. The Balaban J connectivity index is 2.24. The van der Waals surface area contributed by atoms with Gasteiger partial charge in [0.05, 0.1) is 19.0 Å². The summed E-state index contributed by atoms with van der Waals surface area (Å²) in [6.07, 6.45) is 2.85. The van der Waals surface area contributed by atoms with Crippen molar-refractivity contribution in [1.82, 2.24) is 47.0 Å². The molecule has 0 aromatic heterocycles. The molecule has 0 aromatic carbocycles. The Bertz CT molecular complexity index is 2120. The molecular weight excluding hydrogens is 1050 g/mol. The summed E-state index contributed by atoms with van der Waals surface area (Å²) in [5, 5.41) is 36.0. The molecule has 0 aromatic rings. The first-order chi connectivity index (χ1) is 36.4.